The molecule has 1 N–H and O–H groups in total. The third-order valence-corrected chi connectivity index (χ3v) is 6.20. The highest BCUT2D eigenvalue weighted by Crippen LogP contribution is 2.35. The van der Waals surface area contributed by atoms with Gasteiger partial charge in [0.15, 0.2) is 5.13 Å². The summed E-state index contributed by atoms with van der Waals surface area (Å²) >= 11 is 1.43. The van der Waals surface area contributed by atoms with Gasteiger partial charge in [0.1, 0.15) is 0 Å². The molecule has 1 aliphatic carbocycles. The fourth-order valence-corrected chi connectivity index (χ4v) is 4.67. The zero-order valence-electron chi connectivity index (χ0n) is 15.1. The molecule has 0 spiro atoms. The third kappa shape index (κ3) is 3.39. The van der Waals surface area contributed by atoms with E-state index >= 15 is 0 Å². The Balaban J connectivity index is 1.37. The minimum atomic E-state index is -0.248. The van der Waals surface area contributed by atoms with Crippen molar-refractivity contribution >= 4 is 44.4 Å². The first-order chi connectivity index (χ1) is 13.1. The number of nitrogens with one attached hydrogen (secondary N) is 1. The van der Waals surface area contributed by atoms with Gasteiger partial charge < -0.3 is 5.32 Å². The molecule has 0 radical (unpaired) electrons. The fourth-order valence-electron chi connectivity index (χ4n) is 3.73. The minimum Gasteiger partial charge on any atom is -0.302 e. The van der Waals surface area contributed by atoms with E-state index in [2.05, 4.69) is 23.3 Å². The number of nitrogens with zero attached hydrogens (tertiary/aromatic N) is 2. The van der Waals surface area contributed by atoms with E-state index < -0.39 is 0 Å². The molecular weight excluding hydrogens is 362 g/mol. The molecule has 7 heteroatoms. The van der Waals surface area contributed by atoms with E-state index in [0.29, 0.717) is 18.0 Å². The molecule has 0 bridgehead atoms. The standard InChI is InChI=1S/C20H21N3O3S/c1-2-12-7-8-15-16(11-12)27-20(21-15)22-17(24)9-10-23-18(25)13-5-3-4-6-14(13)19(23)26/h3-4,7-8,11,13-14H,2,5-6,9-10H2,1H3,(H,21,22,24)/t13-,14-/m1/s1. The van der Waals surface area contributed by atoms with Crippen molar-refractivity contribution in [2.75, 3.05) is 11.9 Å². The maximum absolute atomic E-state index is 12.4. The van der Waals surface area contributed by atoms with E-state index in [1.54, 1.807) is 0 Å². The Kier molecular flexibility index (Phi) is 4.78. The largest absolute Gasteiger partial charge is 0.302 e. The lowest BCUT2D eigenvalue weighted by molar-refractivity contribution is -0.140. The first-order valence-electron chi connectivity index (χ1n) is 9.26. The number of carbonyl (C=O) groups is 3. The predicted octanol–water partition coefficient (Wildman–Crippen LogP) is 3.14. The number of aryl methyl sites for hydroxylation is 1. The van der Waals surface area contributed by atoms with E-state index in [4.69, 9.17) is 0 Å². The number of rotatable bonds is 5. The van der Waals surface area contributed by atoms with E-state index in [1.165, 1.54) is 21.8 Å². The highest BCUT2D eigenvalue weighted by atomic mass is 32.1. The number of anilines is 1. The number of hydrogen-bond acceptors (Lipinski definition) is 5. The lowest BCUT2D eigenvalue weighted by atomic mass is 9.85. The van der Waals surface area contributed by atoms with Crippen LogP contribution in [0.1, 0.15) is 31.7 Å². The molecule has 2 atom stereocenters. The van der Waals surface area contributed by atoms with Crippen LogP contribution in [0.5, 0.6) is 0 Å². The minimum absolute atomic E-state index is 0.0838. The smallest absolute Gasteiger partial charge is 0.233 e. The Morgan fingerprint density at radius 1 is 1.22 bits per heavy atom. The molecule has 6 nitrogen and oxygen atoms in total. The number of allylic oxidation sites excluding steroid dienone is 2. The van der Waals surface area contributed by atoms with Crippen molar-refractivity contribution in [1.29, 1.82) is 0 Å². The maximum Gasteiger partial charge on any atom is 0.233 e. The van der Waals surface area contributed by atoms with Crippen molar-refractivity contribution in [1.82, 2.24) is 9.88 Å². The zero-order valence-corrected chi connectivity index (χ0v) is 15.9. The fraction of sp³-hybridized carbons (Fsp3) is 0.400. The Bertz CT molecular complexity index is 923. The van der Waals surface area contributed by atoms with E-state index in [1.807, 2.05) is 24.3 Å². The number of amides is 3. The number of aromatic nitrogens is 1. The normalized spacial score (nSPS) is 21.7. The van der Waals surface area contributed by atoms with Gasteiger partial charge in [-0.1, -0.05) is 36.5 Å². The topological polar surface area (TPSA) is 79.4 Å². The van der Waals surface area contributed by atoms with Gasteiger partial charge in [0.05, 0.1) is 22.1 Å². The van der Waals surface area contributed by atoms with Crippen molar-refractivity contribution in [2.24, 2.45) is 11.8 Å². The van der Waals surface area contributed by atoms with Gasteiger partial charge in [0.25, 0.3) is 0 Å². The van der Waals surface area contributed by atoms with Gasteiger partial charge in [-0.05, 0) is 37.0 Å². The molecule has 2 aromatic rings. The molecular formula is C20H21N3O3S. The van der Waals surface area contributed by atoms with Gasteiger partial charge >= 0.3 is 0 Å². The van der Waals surface area contributed by atoms with Crippen molar-refractivity contribution in [3.63, 3.8) is 0 Å². The van der Waals surface area contributed by atoms with Crippen LogP contribution < -0.4 is 5.32 Å². The first kappa shape index (κ1) is 17.9. The Hall–Kier alpha value is -2.54. The van der Waals surface area contributed by atoms with Crippen molar-refractivity contribution in [3.8, 4) is 0 Å². The van der Waals surface area contributed by atoms with Crippen LogP contribution in [0.2, 0.25) is 0 Å². The SMILES string of the molecule is CCc1ccc2nc(NC(=O)CCN3C(=O)[C@@H]4CC=CC[C@H]4C3=O)sc2c1. The Labute approximate surface area is 161 Å². The van der Waals surface area contributed by atoms with Crippen LogP contribution in [0.4, 0.5) is 5.13 Å². The predicted molar refractivity (Wildman–Crippen MR) is 104 cm³/mol. The molecule has 27 heavy (non-hydrogen) atoms. The lowest BCUT2D eigenvalue weighted by Crippen LogP contribution is -2.34. The summed E-state index contributed by atoms with van der Waals surface area (Å²) in [4.78, 5) is 42.8. The Morgan fingerprint density at radius 3 is 2.59 bits per heavy atom. The molecule has 3 amide bonds. The van der Waals surface area contributed by atoms with Crippen LogP contribution in [0.25, 0.3) is 10.2 Å². The van der Waals surface area contributed by atoms with Crippen LogP contribution >= 0.6 is 11.3 Å². The molecule has 1 fully saturated rings. The molecule has 4 rings (SSSR count). The maximum atomic E-state index is 12.4. The second-order valence-corrected chi connectivity index (χ2v) is 7.99. The molecule has 1 aromatic carbocycles. The van der Waals surface area contributed by atoms with Gasteiger partial charge in [-0.3, -0.25) is 19.3 Å². The molecule has 0 saturated carbocycles. The summed E-state index contributed by atoms with van der Waals surface area (Å²) in [6.45, 7) is 2.22. The number of carbonyl (C=O) groups excluding carboxylic acids is 3. The summed E-state index contributed by atoms with van der Waals surface area (Å²) in [5, 5.41) is 3.33. The second-order valence-electron chi connectivity index (χ2n) is 6.96. The number of hydrogen-bond donors (Lipinski definition) is 1. The molecule has 140 valence electrons. The molecule has 2 heterocycles. The summed E-state index contributed by atoms with van der Waals surface area (Å²) in [6, 6.07) is 6.07. The third-order valence-electron chi connectivity index (χ3n) is 5.27. The first-order valence-corrected chi connectivity index (χ1v) is 10.1. The zero-order chi connectivity index (χ0) is 19.0. The van der Waals surface area contributed by atoms with E-state index in [0.717, 1.165) is 16.6 Å². The second kappa shape index (κ2) is 7.23. The average Bonchev–Trinajstić information content (AvgIpc) is 3.18. The van der Waals surface area contributed by atoms with Crippen molar-refractivity contribution in [3.05, 3.63) is 35.9 Å². The van der Waals surface area contributed by atoms with Crippen molar-refractivity contribution in [2.45, 2.75) is 32.6 Å². The van der Waals surface area contributed by atoms with Gasteiger partial charge in [0, 0.05) is 13.0 Å². The summed E-state index contributed by atoms with van der Waals surface area (Å²) in [7, 11) is 0. The summed E-state index contributed by atoms with van der Waals surface area (Å²) < 4.78 is 1.03. The van der Waals surface area contributed by atoms with E-state index in [9.17, 15) is 14.4 Å². The molecule has 1 aliphatic heterocycles. The summed E-state index contributed by atoms with van der Waals surface area (Å²) in [5.74, 6) is -1.02. The van der Waals surface area contributed by atoms with Crippen LogP contribution in [0, 0.1) is 11.8 Å². The highest BCUT2D eigenvalue weighted by molar-refractivity contribution is 7.22. The molecule has 0 unspecified atom stereocenters. The van der Waals surface area contributed by atoms with E-state index in [-0.39, 0.29) is 42.5 Å². The monoisotopic (exact) mass is 383 g/mol. The molecule has 1 saturated heterocycles. The quantitative estimate of drug-likeness (QED) is 0.635. The Morgan fingerprint density at radius 2 is 1.93 bits per heavy atom. The lowest BCUT2D eigenvalue weighted by Gasteiger charge is -2.14. The van der Waals surface area contributed by atoms with Gasteiger partial charge in [-0.25, -0.2) is 4.98 Å². The van der Waals surface area contributed by atoms with Gasteiger partial charge in [-0.15, -0.1) is 0 Å². The van der Waals surface area contributed by atoms with Crippen molar-refractivity contribution < 1.29 is 14.4 Å². The summed E-state index contributed by atoms with van der Waals surface area (Å²) in [6.07, 6.45) is 6.18. The van der Waals surface area contributed by atoms with Crippen LogP contribution in [0.15, 0.2) is 30.4 Å². The van der Waals surface area contributed by atoms with Crippen LogP contribution in [-0.2, 0) is 20.8 Å². The van der Waals surface area contributed by atoms with Crippen LogP contribution in [-0.4, -0.2) is 34.2 Å². The number of imide groups is 1. The molecule has 2 aliphatic rings. The highest BCUT2D eigenvalue weighted by Gasteiger charge is 2.46. The number of benzene rings is 1. The number of fused-ring (bicyclic) bond motifs is 2. The molecule has 1 aromatic heterocycles. The number of likely N-dealkylation sites (tertiary alicyclic amines) is 1. The van der Waals surface area contributed by atoms with Gasteiger partial charge in [0.2, 0.25) is 17.7 Å². The number of thiazole rings is 1. The van der Waals surface area contributed by atoms with Gasteiger partial charge in [-0.2, -0.15) is 0 Å². The summed E-state index contributed by atoms with van der Waals surface area (Å²) in [5.41, 5.74) is 2.08. The average molecular weight is 383 g/mol. The van der Waals surface area contributed by atoms with Crippen LogP contribution in [0.3, 0.4) is 0 Å².